The lowest BCUT2D eigenvalue weighted by Crippen LogP contribution is -2.49. The number of aromatic nitrogens is 1. The second-order valence-corrected chi connectivity index (χ2v) is 5.06. The van der Waals surface area contributed by atoms with Gasteiger partial charge in [-0.1, -0.05) is 18.2 Å². The van der Waals surface area contributed by atoms with Crippen LogP contribution >= 0.6 is 12.4 Å². The summed E-state index contributed by atoms with van der Waals surface area (Å²) >= 11 is 0. The van der Waals surface area contributed by atoms with E-state index in [0.29, 0.717) is 6.04 Å². The highest BCUT2D eigenvalue weighted by Crippen LogP contribution is 2.15. The third kappa shape index (κ3) is 3.24. The Kier molecular flexibility index (Phi) is 4.75. The number of nitrogens with one attached hydrogen (secondary N) is 1. The van der Waals surface area contributed by atoms with Gasteiger partial charge in [-0.2, -0.15) is 0 Å². The van der Waals surface area contributed by atoms with Gasteiger partial charge in [-0.25, -0.2) is 0 Å². The average molecular weight is 278 g/mol. The highest BCUT2D eigenvalue weighted by atomic mass is 35.5. The van der Waals surface area contributed by atoms with E-state index in [4.69, 9.17) is 0 Å². The monoisotopic (exact) mass is 277 g/mol. The number of hydrogen-bond donors (Lipinski definition) is 1. The number of hydrogen-bond acceptors (Lipinski definition) is 3. The quantitative estimate of drug-likeness (QED) is 0.914. The molecule has 1 fully saturated rings. The molecular formula is C15H20ClN3. The molecule has 1 aliphatic heterocycles. The molecule has 0 saturated carbocycles. The van der Waals surface area contributed by atoms with Crippen molar-refractivity contribution >= 4 is 23.3 Å². The summed E-state index contributed by atoms with van der Waals surface area (Å²) < 4.78 is 0. The van der Waals surface area contributed by atoms with E-state index in [1.54, 1.807) is 0 Å². The van der Waals surface area contributed by atoms with Crippen LogP contribution in [0.5, 0.6) is 0 Å². The van der Waals surface area contributed by atoms with Crippen LogP contribution in [0.4, 0.5) is 0 Å². The third-order valence-corrected chi connectivity index (χ3v) is 3.67. The maximum atomic E-state index is 4.53. The first-order valence-electron chi connectivity index (χ1n) is 6.61. The fourth-order valence-electron chi connectivity index (χ4n) is 2.56. The third-order valence-electron chi connectivity index (χ3n) is 3.67. The number of rotatable bonds is 2. The Balaban J connectivity index is 0.00000133. The van der Waals surface area contributed by atoms with Crippen LogP contribution in [0, 0.1) is 0 Å². The van der Waals surface area contributed by atoms with Crippen molar-refractivity contribution in [2.24, 2.45) is 0 Å². The number of halogens is 1. The molecule has 3 nitrogen and oxygen atoms in total. The highest BCUT2D eigenvalue weighted by molar-refractivity contribution is 5.85. The maximum Gasteiger partial charge on any atom is 0.0702 e. The molecule has 102 valence electrons. The minimum Gasteiger partial charge on any atom is -0.314 e. The Morgan fingerprint density at radius 2 is 2.21 bits per heavy atom. The van der Waals surface area contributed by atoms with E-state index >= 15 is 0 Å². The first-order chi connectivity index (χ1) is 8.83. The van der Waals surface area contributed by atoms with Gasteiger partial charge in [0.25, 0.3) is 0 Å². The molecule has 0 unspecified atom stereocenters. The molecule has 0 amide bonds. The molecule has 0 bridgehead atoms. The van der Waals surface area contributed by atoms with Crippen molar-refractivity contribution in [2.75, 3.05) is 19.6 Å². The van der Waals surface area contributed by atoms with Crippen LogP contribution in [0.1, 0.15) is 12.5 Å². The molecule has 19 heavy (non-hydrogen) atoms. The van der Waals surface area contributed by atoms with Gasteiger partial charge in [-0.05, 0) is 24.6 Å². The minimum absolute atomic E-state index is 0. The van der Waals surface area contributed by atoms with E-state index in [1.807, 2.05) is 12.3 Å². The van der Waals surface area contributed by atoms with Gasteiger partial charge in [0.1, 0.15) is 0 Å². The zero-order valence-electron chi connectivity index (χ0n) is 11.2. The molecule has 1 aliphatic rings. The smallest absolute Gasteiger partial charge is 0.0702 e. The summed E-state index contributed by atoms with van der Waals surface area (Å²) in [5.74, 6) is 0. The van der Waals surface area contributed by atoms with Gasteiger partial charge in [0.2, 0.25) is 0 Å². The van der Waals surface area contributed by atoms with Crippen LogP contribution in [-0.4, -0.2) is 35.6 Å². The summed E-state index contributed by atoms with van der Waals surface area (Å²) in [4.78, 5) is 7.05. The highest BCUT2D eigenvalue weighted by Gasteiger charge is 2.17. The molecule has 0 radical (unpaired) electrons. The van der Waals surface area contributed by atoms with Gasteiger partial charge >= 0.3 is 0 Å². The summed E-state index contributed by atoms with van der Waals surface area (Å²) in [5.41, 5.74) is 2.39. The Bertz CT molecular complexity index is 544. The standard InChI is InChI=1S/C15H19N3.ClH/c1-12-9-16-6-7-18(12)11-13-8-14-4-2-3-5-15(14)17-10-13;/h2-5,8,10,12,16H,6-7,9,11H2,1H3;1H/t12-;/m0./s1. The van der Waals surface area contributed by atoms with Crippen LogP contribution in [0.15, 0.2) is 36.5 Å². The topological polar surface area (TPSA) is 28.2 Å². The Morgan fingerprint density at radius 1 is 1.37 bits per heavy atom. The van der Waals surface area contributed by atoms with E-state index in [1.165, 1.54) is 10.9 Å². The van der Waals surface area contributed by atoms with Crippen molar-refractivity contribution < 1.29 is 0 Å². The molecule has 2 heterocycles. The molecule has 1 aromatic carbocycles. The van der Waals surface area contributed by atoms with Gasteiger partial charge in [0.05, 0.1) is 5.52 Å². The Hall–Kier alpha value is -1.16. The fraction of sp³-hybridized carbons (Fsp3) is 0.400. The summed E-state index contributed by atoms with van der Waals surface area (Å²) in [6, 6.07) is 11.2. The van der Waals surface area contributed by atoms with Gasteiger partial charge in [0, 0.05) is 43.8 Å². The summed E-state index contributed by atoms with van der Waals surface area (Å²) in [6.07, 6.45) is 2.01. The molecule has 1 saturated heterocycles. The molecule has 2 aromatic rings. The van der Waals surface area contributed by atoms with Gasteiger partial charge in [-0.15, -0.1) is 12.4 Å². The van der Waals surface area contributed by atoms with Crippen LogP contribution < -0.4 is 5.32 Å². The maximum absolute atomic E-state index is 4.53. The van der Waals surface area contributed by atoms with E-state index in [9.17, 15) is 0 Å². The Morgan fingerprint density at radius 3 is 3.05 bits per heavy atom. The van der Waals surface area contributed by atoms with E-state index in [0.717, 1.165) is 31.7 Å². The number of piperazine rings is 1. The van der Waals surface area contributed by atoms with E-state index in [-0.39, 0.29) is 12.4 Å². The summed E-state index contributed by atoms with van der Waals surface area (Å²) in [7, 11) is 0. The number of pyridine rings is 1. The van der Waals surface area contributed by atoms with Crippen molar-refractivity contribution in [1.82, 2.24) is 15.2 Å². The second kappa shape index (κ2) is 6.33. The molecule has 1 aromatic heterocycles. The number of benzene rings is 1. The predicted octanol–water partition coefficient (Wildman–Crippen LogP) is 2.45. The van der Waals surface area contributed by atoms with Crippen LogP contribution in [0.25, 0.3) is 10.9 Å². The molecule has 0 aliphatic carbocycles. The molecule has 4 heteroatoms. The first-order valence-corrected chi connectivity index (χ1v) is 6.61. The number of para-hydroxylation sites is 1. The number of nitrogens with zero attached hydrogens (tertiary/aromatic N) is 2. The SMILES string of the molecule is C[C@H]1CNCCN1Cc1cnc2ccccc2c1.Cl. The predicted molar refractivity (Wildman–Crippen MR) is 81.7 cm³/mol. The van der Waals surface area contributed by atoms with Crippen molar-refractivity contribution in [3.05, 3.63) is 42.1 Å². The van der Waals surface area contributed by atoms with Crippen molar-refractivity contribution in [2.45, 2.75) is 19.5 Å². The van der Waals surface area contributed by atoms with E-state index in [2.05, 4.69) is 46.4 Å². The zero-order chi connectivity index (χ0) is 12.4. The van der Waals surface area contributed by atoms with Crippen LogP contribution in [0.2, 0.25) is 0 Å². The largest absolute Gasteiger partial charge is 0.314 e. The normalized spacial score (nSPS) is 20.2. The second-order valence-electron chi connectivity index (χ2n) is 5.06. The van der Waals surface area contributed by atoms with E-state index < -0.39 is 0 Å². The van der Waals surface area contributed by atoms with Gasteiger partial charge in [-0.3, -0.25) is 9.88 Å². The average Bonchev–Trinajstić information content (AvgIpc) is 2.41. The Labute approximate surface area is 120 Å². The fourth-order valence-corrected chi connectivity index (χ4v) is 2.56. The number of fused-ring (bicyclic) bond motifs is 1. The van der Waals surface area contributed by atoms with Crippen LogP contribution in [0.3, 0.4) is 0 Å². The summed E-state index contributed by atoms with van der Waals surface area (Å²) in [5, 5.41) is 4.66. The molecule has 1 atom stereocenters. The minimum atomic E-state index is 0. The van der Waals surface area contributed by atoms with Crippen molar-refractivity contribution in [1.29, 1.82) is 0 Å². The lowest BCUT2D eigenvalue weighted by atomic mass is 10.1. The lowest BCUT2D eigenvalue weighted by Gasteiger charge is -2.33. The molecule has 1 N–H and O–H groups in total. The lowest BCUT2D eigenvalue weighted by molar-refractivity contribution is 0.165. The van der Waals surface area contributed by atoms with Crippen molar-refractivity contribution in [3.8, 4) is 0 Å². The van der Waals surface area contributed by atoms with Gasteiger partial charge < -0.3 is 5.32 Å². The summed E-state index contributed by atoms with van der Waals surface area (Å²) in [6.45, 7) is 6.57. The van der Waals surface area contributed by atoms with Crippen LogP contribution in [-0.2, 0) is 6.54 Å². The molecule has 3 rings (SSSR count). The molecular weight excluding hydrogens is 258 g/mol. The first kappa shape index (κ1) is 14.3. The molecule has 0 spiro atoms. The van der Waals surface area contributed by atoms with Gasteiger partial charge in [0.15, 0.2) is 0 Å². The van der Waals surface area contributed by atoms with Crippen molar-refractivity contribution in [3.63, 3.8) is 0 Å². The zero-order valence-corrected chi connectivity index (χ0v) is 12.0.